The van der Waals surface area contributed by atoms with Crippen LogP contribution in [0.15, 0.2) is 60.7 Å². The van der Waals surface area contributed by atoms with Crippen LogP contribution in [0.2, 0.25) is 0 Å². The summed E-state index contributed by atoms with van der Waals surface area (Å²) in [6, 6.07) is 20.1. The fraction of sp³-hybridized carbons (Fsp3) is 0.382. The van der Waals surface area contributed by atoms with Gasteiger partial charge >= 0.3 is 12.1 Å². The van der Waals surface area contributed by atoms with E-state index in [1.54, 1.807) is 0 Å². The lowest BCUT2D eigenvalue weighted by molar-refractivity contribution is -0.136. The number of aryl methyl sites for hydroxylation is 1. The van der Waals surface area contributed by atoms with Crippen molar-refractivity contribution in [2.24, 2.45) is 11.8 Å². The molecule has 3 aromatic carbocycles. The molecule has 5 rings (SSSR count). The summed E-state index contributed by atoms with van der Waals surface area (Å²) >= 11 is 0. The number of ether oxygens (including phenoxy) is 2. The number of hydrogen-bond acceptors (Lipinski definition) is 5. The van der Waals surface area contributed by atoms with Gasteiger partial charge in [-0.25, -0.2) is 4.79 Å². The third kappa shape index (κ3) is 6.43. The van der Waals surface area contributed by atoms with Crippen LogP contribution in [0.3, 0.4) is 0 Å². The molecule has 0 spiro atoms. The predicted octanol–water partition coefficient (Wildman–Crippen LogP) is 6.23. The van der Waals surface area contributed by atoms with Gasteiger partial charge in [0.05, 0.1) is 13.0 Å². The first kappa shape index (κ1) is 29.2. The summed E-state index contributed by atoms with van der Waals surface area (Å²) in [6.45, 7) is 7.69. The maximum absolute atomic E-state index is 13.5. The Balaban J connectivity index is 1.27. The molecular formula is C34H38N2O6. The van der Waals surface area contributed by atoms with Crippen molar-refractivity contribution in [3.63, 3.8) is 0 Å². The van der Waals surface area contributed by atoms with E-state index in [1.807, 2.05) is 47.4 Å². The van der Waals surface area contributed by atoms with Crippen molar-refractivity contribution in [1.82, 2.24) is 5.32 Å². The maximum atomic E-state index is 13.5. The zero-order valence-electron chi connectivity index (χ0n) is 24.4. The van der Waals surface area contributed by atoms with E-state index in [2.05, 4.69) is 44.3 Å². The Bertz CT molecular complexity index is 1480. The summed E-state index contributed by atoms with van der Waals surface area (Å²) in [6.07, 6.45) is 0.251. The standard InChI is InChI=1S/C34H38N2O6/c1-21-8-4-13-29(22(21)2)41-17-7-14-30(37)36-19-27-23(3)32(27)33-26(11-6-12-28(33)36)25-10-5-9-24(18-25)20-42-34(40)35-16-15-31(38)39/h4-6,8-13,18,23,27,32H,7,14-17,19-20H2,1-3H3,(H,35,40)(H,38,39)/t23-,27?,32?/m0/s1. The minimum absolute atomic E-state index is 0.0136. The maximum Gasteiger partial charge on any atom is 0.407 e. The Labute approximate surface area is 246 Å². The normalized spacial score (nSPS) is 18.5. The van der Waals surface area contributed by atoms with Gasteiger partial charge in [0.2, 0.25) is 5.91 Å². The van der Waals surface area contributed by atoms with E-state index in [-0.39, 0.29) is 25.5 Å². The molecule has 2 N–H and O–H groups in total. The van der Waals surface area contributed by atoms with E-state index in [9.17, 15) is 14.4 Å². The van der Waals surface area contributed by atoms with Gasteiger partial charge in [-0.1, -0.05) is 49.4 Å². The average Bonchev–Trinajstić information content (AvgIpc) is 3.64. The van der Waals surface area contributed by atoms with Crippen molar-refractivity contribution in [2.45, 2.75) is 52.6 Å². The minimum Gasteiger partial charge on any atom is -0.493 e. The number of alkyl carbamates (subject to hydrolysis) is 1. The van der Waals surface area contributed by atoms with E-state index in [0.29, 0.717) is 37.2 Å². The van der Waals surface area contributed by atoms with E-state index in [0.717, 1.165) is 40.2 Å². The monoisotopic (exact) mass is 570 g/mol. The number of amides is 2. The lowest BCUT2D eigenvalue weighted by Gasteiger charge is -2.31. The summed E-state index contributed by atoms with van der Waals surface area (Å²) < 4.78 is 11.3. The molecule has 0 saturated heterocycles. The van der Waals surface area contributed by atoms with Crippen LogP contribution in [0.4, 0.5) is 10.5 Å². The number of carbonyl (C=O) groups is 3. The van der Waals surface area contributed by atoms with Gasteiger partial charge in [0.25, 0.3) is 0 Å². The highest BCUT2D eigenvalue weighted by Crippen LogP contribution is 2.61. The first-order chi connectivity index (χ1) is 20.2. The van der Waals surface area contributed by atoms with Crippen molar-refractivity contribution < 1.29 is 29.0 Å². The van der Waals surface area contributed by atoms with Crippen molar-refractivity contribution in [3.05, 3.63) is 82.9 Å². The lowest BCUT2D eigenvalue weighted by atomic mass is 9.90. The summed E-state index contributed by atoms with van der Waals surface area (Å²) in [5.74, 6) is 1.35. The summed E-state index contributed by atoms with van der Waals surface area (Å²) in [7, 11) is 0. The predicted molar refractivity (Wildman–Crippen MR) is 161 cm³/mol. The molecule has 0 radical (unpaired) electrons. The fourth-order valence-corrected chi connectivity index (χ4v) is 5.96. The zero-order chi connectivity index (χ0) is 29.8. The number of nitrogens with one attached hydrogen (secondary N) is 1. The summed E-state index contributed by atoms with van der Waals surface area (Å²) in [5, 5.41) is 11.2. The molecule has 1 saturated carbocycles. The van der Waals surface area contributed by atoms with E-state index in [4.69, 9.17) is 14.6 Å². The molecule has 8 nitrogen and oxygen atoms in total. The minimum atomic E-state index is -0.983. The Morgan fingerprint density at radius 1 is 1.02 bits per heavy atom. The molecule has 3 atom stereocenters. The van der Waals surface area contributed by atoms with Gasteiger partial charge in [-0.15, -0.1) is 0 Å². The van der Waals surface area contributed by atoms with Crippen LogP contribution in [0, 0.1) is 25.7 Å². The van der Waals surface area contributed by atoms with Crippen LogP contribution in [0.5, 0.6) is 5.75 Å². The molecule has 220 valence electrons. The van der Waals surface area contributed by atoms with Gasteiger partial charge in [0.1, 0.15) is 12.4 Å². The molecule has 2 unspecified atom stereocenters. The van der Waals surface area contributed by atoms with Crippen LogP contribution >= 0.6 is 0 Å². The highest BCUT2D eigenvalue weighted by atomic mass is 16.5. The smallest absolute Gasteiger partial charge is 0.407 e. The molecule has 1 fully saturated rings. The number of carboxylic acids is 1. The lowest BCUT2D eigenvalue weighted by Crippen LogP contribution is -2.36. The third-order valence-electron chi connectivity index (χ3n) is 8.53. The topological polar surface area (TPSA) is 105 Å². The molecule has 3 aromatic rings. The third-order valence-corrected chi connectivity index (χ3v) is 8.53. The van der Waals surface area contributed by atoms with Crippen molar-refractivity contribution >= 4 is 23.7 Å². The first-order valence-corrected chi connectivity index (χ1v) is 14.6. The Hall–Kier alpha value is -4.33. The van der Waals surface area contributed by atoms with Gasteiger partial charge in [0.15, 0.2) is 0 Å². The highest BCUT2D eigenvalue weighted by Gasteiger charge is 2.54. The van der Waals surface area contributed by atoms with Gasteiger partial charge in [-0.3, -0.25) is 9.59 Å². The second-order valence-corrected chi connectivity index (χ2v) is 11.3. The molecule has 2 aliphatic rings. The summed E-state index contributed by atoms with van der Waals surface area (Å²) in [4.78, 5) is 38.1. The Kier molecular flexibility index (Phi) is 8.80. The molecule has 1 aliphatic heterocycles. The molecular weight excluding hydrogens is 532 g/mol. The molecule has 1 aliphatic carbocycles. The molecule has 1 heterocycles. The number of nitrogens with zero attached hydrogens (tertiary/aromatic N) is 1. The Morgan fingerprint density at radius 2 is 1.81 bits per heavy atom. The number of hydrogen-bond donors (Lipinski definition) is 2. The summed E-state index contributed by atoms with van der Waals surface area (Å²) in [5.41, 5.74) is 7.44. The van der Waals surface area contributed by atoms with Gasteiger partial charge in [-0.2, -0.15) is 0 Å². The van der Waals surface area contributed by atoms with Crippen LogP contribution < -0.4 is 15.0 Å². The van der Waals surface area contributed by atoms with Gasteiger partial charge in [0, 0.05) is 25.2 Å². The molecule has 42 heavy (non-hydrogen) atoms. The second-order valence-electron chi connectivity index (χ2n) is 11.3. The van der Waals surface area contributed by atoms with Crippen LogP contribution in [-0.2, 0) is 20.9 Å². The first-order valence-electron chi connectivity index (χ1n) is 14.6. The highest BCUT2D eigenvalue weighted by molar-refractivity contribution is 5.97. The molecule has 2 amide bonds. The number of carbonyl (C=O) groups excluding carboxylic acids is 2. The quantitative estimate of drug-likeness (QED) is 0.265. The van der Waals surface area contributed by atoms with Crippen LogP contribution in [-0.4, -0.2) is 42.8 Å². The number of anilines is 1. The molecule has 0 bridgehead atoms. The van der Waals surface area contributed by atoms with Crippen molar-refractivity contribution in [3.8, 4) is 16.9 Å². The van der Waals surface area contributed by atoms with E-state index < -0.39 is 12.1 Å². The van der Waals surface area contributed by atoms with Crippen molar-refractivity contribution in [2.75, 3.05) is 24.6 Å². The Morgan fingerprint density at radius 3 is 2.62 bits per heavy atom. The number of benzene rings is 3. The van der Waals surface area contributed by atoms with E-state index in [1.165, 1.54) is 11.1 Å². The zero-order valence-corrected chi connectivity index (χ0v) is 24.4. The number of carboxylic acid groups (broad SMARTS) is 1. The second kappa shape index (κ2) is 12.7. The number of aliphatic carboxylic acids is 1. The van der Waals surface area contributed by atoms with Crippen LogP contribution in [0.25, 0.3) is 11.1 Å². The largest absolute Gasteiger partial charge is 0.493 e. The average molecular weight is 571 g/mol. The van der Waals surface area contributed by atoms with Crippen LogP contribution in [0.1, 0.15) is 54.4 Å². The molecule has 8 heteroatoms. The van der Waals surface area contributed by atoms with Crippen molar-refractivity contribution in [1.29, 1.82) is 0 Å². The number of fused-ring (bicyclic) bond motifs is 3. The van der Waals surface area contributed by atoms with Gasteiger partial charge in [-0.05, 0) is 89.6 Å². The number of rotatable bonds is 11. The van der Waals surface area contributed by atoms with Gasteiger partial charge < -0.3 is 24.8 Å². The fourth-order valence-electron chi connectivity index (χ4n) is 5.96. The molecule has 0 aromatic heterocycles. The van der Waals surface area contributed by atoms with E-state index >= 15 is 0 Å². The SMILES string of the molecule is Cc1cccc(OCCCC(=O)N2CC3C(c4c(-c5cccc(COC(=O)NCCC(=O)O)c5)cccc42)[C@H]3C)c1C.